The minimum Gasteiger partial charge on any atom is -0.370 e. The molecule has 6 heteroatoms. The van der Waals surface area contributed by atoms with Crippen LogP contribution in [-0.2, 0) is 10.3 Å². The average molecular weight is 312 g/mol. The van der Waals surface area contributed by atoms with E-state index in [-0.39, 0.29) is 5.60 Å². The Morgan fingerprint density at radius 1 is 1.27 bits per heavy atom. The zero-order chi connectivity index (χ0) is 11.1. The van der Waals surface area contributed by atoms with Crippen molar-refractivity contribution in [3.05, 3.63) is 20.6 Å². The summed E-state index contributed by atoms with van der Waals surface area (Å²) in [6, 6.07) is 0. The lowest BCUT2D eigenvalue weighted by atomic mass is 9.79. The second-order valence-electron chi connectivity index (χ2n) is 3.49. The van der Waals surface area contributed by atoms with Gasteiger partial charge in [-0.15, -0.1) is 0 Å². The Morgan fingerprint density at radius 3 is 2.13 bits per heavy atom. The summed E-state index contributed by atoms with van der Waals surface area (Å²) in [6.07, 6.45) is 2.94. The van der Waals surface area contributed by atoms with E-state index in [0.717, 1.165) is 19.3 Å². The first-order valence-corrected chi connectivity index (χ1v) is 6.08. The van der Waals surface area contributed by atoms with Gasteiger partial charge in [0, 0.05) is 7.11 Å². The van der Waals surface area contributed by atoms with Gasteiger partial charge < -0.3 is 4.74 Å². The lowest BCUT2D eigenvalue weighted by Gasteiger charge is -2.38. The number of nitrogens with zero attached hydrogens (tertiary/aromatic N) is 2. The predicted molar refractivity (Wildman–Crippen MR) is 62.3 cm³/mol. The van der Waals surface area contributed by atoms with Crippen LogP contribution in [0.2, 0.25) is 10.3 Å². The molecule has 0 N–H and O–H groups in total. The average Bonchev–Trinajstić information content (AvgIpc) is 2.13. The van der Waals surface area contributed by atoms with Crippen molar-refractivity contribution in [2.75, 3.05) is 7.11 Å². The molecular formula is C9H9BrCl2N2O. The Kier molecular flexibility index (Phi) is 3.22. The van der Waals surface area contributed by atoms with Gasteiger partial charge in [0.1, 0.15) is 15.9 Å². The Labute approximate surface area is 106 Å². The number of ether oxygens (including phenoxy) is 1. The number of hydrogen-bond acceptors (Lipinski definition) is 3. The van der Waals surface area contributed by atoms with Gasteiger partial charge >= 0.3 is 0 Å². The summed E-state index contributed by atoms with van der Waals surface area (Å²) in [5.74, 6) is 0.578. The highest BCUT2D eigenvalue weighted by Crippen LogP contribution is 2.44. The maximum Gasteiger partial charge on any atom is 0.163 e. The summed E-state index contributed by atoms with van der Waals surface area (Å²) in [7, 11) is 1.66. The van der Waals surface area contributed by atoms with E-state index in [0.29, 0.717) is 20.6 Å². The summed E-state index contributed by atoms with van der Waals surface area (Å²) in [6.45, 7) is 0. The number of hydrogen-bond donors (Lipinski definition) is 0. The molecule has 82 valence electrons. The normalized spacial score (nSPS) is 18.7. The predicted octanol–water partition coefficient (Wildman–Crippen LogP) is 3.57. The third-order valence-electron chi connectivity index (χ3n) is 2.73. The quantitative estimate of drug-likeness (QED) is 0.783. The molecule has 1 fully saturated rings. The SMILES string of the molecule is COC1(c2nc(Cl)c(Br)c(Cl)n2)CCC1. The van der Waals surface area contributed by atoms with Crippen molar-refractivity contribution in [3.63, 3.8) is 0 Å². The second kappa shape index (κ2) is 4.17. The molecule has 1 aliphatic carbocycles. The van der Waals surface area contributed by atoms with Gasteiger partial charge in [0.05, 0.1) is 4.47 Å². The third kappa shape index (κ3) is 1.88. The molecule has 0 saturated heterocycles. The molecule has 0 aliphatic heterocycles. The molecular weight excluding hydrogens is 303 g/mol. The summed E-state index contributed by atoms with van der Waals surface area (Å²) >= 11 is 15.1. The molecule has 1 aromatic rings. The molecule has 0 spiro atoms. The maximum absolute atomic E-state index is 5.93. The zero-order valence-corrected chi connectivity index (χ0v) is 11.2. The fourth-order valence-corrected chi connectivity index (χ4v) is 2.18. The van der Waals surface area contributed by atoms with E-state index in [1.807, 2.05) is 0 Å². The minimum absolute atomic E-state index is 0.327. The molecule has 0 aromatic carbocycles. The first-order valence-electron chi connectivity index (χ1n) is 4.53. The van der Waals surface area contributed by atoms with Crippen LogP contribution in [0.25, 0.3) is 0 Å². The van der Waals surface area contributed by atoms with Crippen LogP contribution in [0.5, 0.6) is 0 Å². The van der Waals surface area contributed by atoms with Crippen LogP contribution >= 0.6 is 39.1 Å². The van der Waals surface area contributed by atoms with Crippen LogP contribution in [0.3, 0.4) is 0 Å². The number of rotatable bonds is 2. The van der Waals surface area contributed by atoms with E-state index >= 15 is 0 Å². The molecule has 1 saturated carbocycles. The Morgan fingerprint density at radius 2 is 1.80 bits per heavy atom. The molecule has 0 radical (unpaired) electrons. The van der Waals surface area contributed by atoms with E-state index in [2.05, 4.69) is 25.9 Å². The molecule has 1 aromatic heterocycles. The van der Waals surface area contributed by atoms with Gasteiger partial charge in [0.15, 0.2) is 5.82 Å². The van der Waals surface area contributed by atoms with E-state index in [9.17, 15) is 0 Å². The molecule has 1 aliphatic rings. The van der Waals surface area contributed by atoms with E-state index < -0.39 is 0 Å². The third-order valence-corrected chi connectivity index (χ3v) is 4.48. The van der Waals surface area contributed by atoms with Crippen LogP contribution in [-0.4, -0.2) is 17.1 Å². The monoisotopic (exact) mass is 310 g/mol. The molecule has 0 amide bonds. The Hall–Kier alpha value is 0.1000. The Bertz CT molecular complexity index is 367. The fraction of sp³-hybridized carbons (Fsp3) is 0.556. The van der Waals surface area contributed by atoms with Crippen LogP contribution < -0.4 is 0 Å². The molecule has 0 bridgehead atoms. The smallest absolute Gasteiger partial charge is 0.163 e. The highest BCUT2D eigenvalue weighted by Gasteiger charge is 2.42. The van der Waals surface area contributed by atoms with Crippen molar-refractivity contribution >= 4 is 39.1 Å². The first-order chi connectivity index (χ1) is 7.09. The molecule has 0 atom stereocenters. The van der Waals surface area contributed by atoms with Gasteiger partial charge in [-0.1, -0.05) is 23.2 Å². The minimum atomic E-state index is -0.381. The van der Waals surface area contributed by atoms with Crippen molar-refractivity contribution in [2.24, 2.45) is 0 Å². The lowest BCUT2D eigenvalue weighted by molar-refractivity contribution is -0.0846. The van der Waals surface area contributed by atoms with Crippen LogP contribution in [0.15, 0.2) is 4.47 Å². The van der Waals surface area contributed by atoms with Gasteiger partial charge in [-0.2, -0.15) is 0 Å². The standard InChI is InChI=1S/C9H9BrCl2N2O/c1-15-9(3-2-4-9)8-13-6(11)5(10)7(12)14-8/h2-4H2,1H3. The molecule has 2 rings (SSSR count). The van der Waals surface area contributed by atoms with Crippen molar-refractivity contribution in [1.29, 1.82) is 0 Å². The molecule has 0 unspecified atom stereocenters. The number of aromatic nitrogens is 2. The summed E-state index contributed by atoms with van der Waals surface area (Å²) < 4.78 is 5.98. The highest BCUT2D eigenvalue weighted by atomic mass is 79.9. The molecule has 3 nitrogen and oxygen atoms in total. The van der Waals surface area contributed by atoms with Crippen LogP contribution in [0.1, 0.15) is 25.1 Å². The first kappa shape index (κ1) is 11.6. The maximum atomic E-state index is 5.93. The molecule has 15 heavy (non-hydrogen) atoms. The van der Waals surface area contributed by atoms with E-state index in [4.69, 9.17) is 27.9 Å². The van der Waals surface area contributed by atoms with E-state index in [1.165, 1.54) is 0 Å². The van der Waals surface area contributed by atoms with E-state index in [1.54, 1.807) is 7.11 Å². The summed E-state index contributed by atoms with van der Waals surface area (Å²) in [5, 5.41) is 0.654. The van der Waals surface area contributed by atoms with Gasteiger partial charge in [0.25, 0.3) is 0 Å². The van der Waals surface area contributed by atoms with Crippen LogP contribution in [0, 0.1) is 0 Å². The van der Waals surface area contributed by atoms with Crippen molar-refractivity contribution in [3.8, 4) is 0 Å². The topological polar surface area (TPSA) is 35.0 Å². The van der Waals surface area contributed by atoms with Crippen molar-refractivity contribution < 1.29 is 4.74 Å². The molecule has 1 heterocycles. The van der Waals surface area contributed by atoms with Gasteiger partial charge in [0.2, 0.25) is 0 Å². The lowest BCUT2D eigenvalue weighted by Crippen LogP contribution is -2.38. The second-order valence-corrected chi connectivity index (χ2v) is 5.00. The van der Waals surface area contributed by atoms with Crippen LogP contribution in [0.4, 0.5) is 0 Å². The Balaban J connectivity index is 2.45. The summed E-state index contributed by atoms with van der Waals surface area (Å²) in [4.78, 5) is 8.39. The number of halogens is 3. The van der Waals surface area contributed by atoms with Gasteiger partial charge in [-0.3, -0.25) is 0 Å². The largest absolute Gasteiger partial charge is 0.370 e. The highest BCUT2D eigenvalue weighted by molar-refractivity contribution is 9.10. The zero-order valence-electron chi connectivity index (χ0n) is 8.06. The van der Waals surface area contributed by atoms with Crippen molar-refractivity contribution in [1.82, 2.24) is 9.97 Å². The van der Waals surface area contributed by atoms with Gasteiger partial charge in [-0.05, 0) is 35.2 Å². The van der Waals surface area contributed by atoms with Crippen molar-refractivity contribution in [2.45, 2.75) is 24.9 Å². The fourth-order valence-electron chi connectivity index (χ4n) is 1.61. The summed E-state index contributed by atoms with van der Waals surface area (Å²) in [5.41, 5.74) is -0.381. The number of methoxy groups -OCH3 is 1. The van der Waals surface area contributed by atoms with Gasteiger partial charge in [-0.25, -0.2) is 9.97 Å².